The zero-order valence-corrected chi connectivity index (χ0v) is 26.3. The predicted molar refractivity (Wildman–Crippen MR) is 178 cm³/mol. The number of imidazole rings is 1. The number of carboxylic acid groups (broad SMARTS) is 1. The van der Waals surface area contributed by atoms with Crippen LogP contribution in [0.25, 0.3) is 11.0 Å². The van der Waals surface area contributed by atoms with Crippen molar-refractivity contribution in [2.45, 2.75) is 58.4 Å². The number of anilines is 2. The van der Waals surface area contributed by atoms with Crippen LogP contribution in [0.1, 0.15) is 73.6 Å². The lowest BCUT2D eigenvalue weighted by atomic mass is 10.1. The second-order valence-corrected chi connectivity index (χ2v) is 10.9. The first-order valence-corrected chi connectivity index (χ1v) is 15.5. The first-order valence-electron chi connectivity index (χ1n) is 15.5. The molecule has 242 valence electrons. The largest absolute Gasteiger partial charge is 0.481 e. The number of aliphatic carboxylic acids is 1. The molecule has 0 radical (unpaired) electrons. The number of aliphatic imine (C=N–C) groups is 1. The highest BCUT2D eigenvalue weighted by Crippen LogP contribution is 2.21. The highest BCUT2D eigenvalue weighted by molar-refractivity contribution is 6.07. The van der Waals surface area contributed by atoms with Gasteiger partial charge in [-0.15, -0.1) is 0 Å². The van der Waals surface area contributed by atoms with Crippen LogP contribution in [0.5, 0.6) is 0 Å². The van der Waals surface area contributed by atoms with Crippen molar-refractivity contribution in [2.75, 3.05) is 23.4 Å². The van der Waals surface area contributed by atoms with Gasteiger partial charge in [-0.05, 0) is 61.0 Å². The van der Waals surface area contributed by atoms with Gasteiger partial charge < -0.3 is 25.5 Å². The average molecular weight is 628 g/mol. The highest BCUT2D eigenvalue weighted by Gasteiger charge is 2.21. The summed E-state index contributed by atoms with van der Waals surface area (Å²) in [5.41, 5.74) is 9.30. The van der Waals surface area contributed by atoms with Gasteiger partial charge in [-0.1, -0.05) is 45.1 Å². The van der Waals surface area contributed by atoms with Crippen LogP contribution in [0.3, 0.4) is 0 Å². The van der Waals surface area contributed by atoms with E-state index in [4.69, 9.17) is 15.5 Å². The molecule has 2 aromatic carbocycles. The second kappa shape index (κ2) is 16.7. The van der Waals surface area contributed by atoms with E-state index in [9.17, 15) is 19.5 Å². The molecule has 0 fully saturated rings. The number of pyridine rings is 1. The van der Waals surface area contributed by atoms with Crippen LogP contribution in [0, 0.1) is 0 Å². The summed E-state index contributed by atoms with van der Waals surface area (Å²) in [6.07, 6.45) is 7.26. The van der Waals surface area contributed by atoms with Gasteiger partial charge in [0, 0.05) is 36.6 Å². The number of hydrogen-bond donors (Lipinski definition) is 3. The number of unbranched alkanes of at least 4 members (excludes halogenated alkanes) is 5. The summed E-state index contributed by atoms with van der Waals surface area (Å²) < 4.78 is 7.12. The number of aromatic nitrogens is 3. The highest BCUT2D eigenvalue weighted by atomic mass is 16.5. The molecule has 2 aromatic heterocycles. The summed E-state index contributed by atoms with van der Waals surface area (Å²) in [7, 11) is 1.90. The lowest BCUT2D eigenvalue weighted by Gasteiger charge is -2.21. The Kier molecular flexibility index (Phi) is 12.2. The quantitative estimate of drug-likeness (QED) is 0.0778. The number of carbonyl (C=O) groups excluding carboxylic acids is 2. The lowest BCUT2D eigenvalue weighted by Crippen LogP contribution is -2.33. The molecule has 2 amide bonds. The SMILES string of the molecule is CCCCCCCCOC(=O)N=C(N)c1ccc(NCc2nc3cc(C(=O)N(CCC(=O)O)c4ccccn4)ccc3n2C)cc1. The van der Waals surface area contributed by atoms with Gasteiger partial charge >= 0.3 is 12.1 Å². The molecule has 0 unspecified atom stereocenters. The summed E-state index contributed by atoms with van der Waals surface area (Å²) >= 11 is 0. The fraction of sp³-hybridized carbons (Fsp3) is 0.353. The molecule has 0 atom stereocenters. The predicted octanol–water partition coefficient (Wildman–Crippen LogP) is 5.90. The van der Waals surface area contributed by atoms with E-state index < -0.39 is 12.1 Å². The van der Waals surface area contributed by atoms with Crippen LogP contribution < -0.4 is 16.0 Å². The second-order valence-electron chi connectivity index (χ2n) is 10.9. The molecule has 0 saturated carbocycles. The van der Waals surface area contributed by atoms with Gasteiger partial charge in [0.1, 0.15) is 17.5 Å². The van der Waals surface area contributed by atoms with Gasteiger partial charge in [-0.3, -0.25) is 14.5 Å². The molecule has 4 rings (SSSR count). The maximum absolute atomic E-state index is 13.4. The van der Waals surface area contributed by atoms with Crippen molar-refractivity contribution in [3.63, 3.8) is 0 Å². The smallest absolute Gasteiger partial charge is 0.435 e. The van der Waals surface area contributed by atoms with E-state index in [0.29, 0.717) is 35.6 Å². The Bertz CT molecular complexity index is 1650. The van der Waals surface area contributed by atoms with Crippen molar-refractivity contribution in [2.24, 2.45) is 17.8 Å². The number of carboxylic acids is 1. The molecule has 2 heterocycles. The number of rotatable bonds is 16. The Balaban J connectivity index is 1.36. The number of hydrogen-bond acceptors (Lipinski definition) is 7. The molecule has 12 nitrogen and oxygen atoms in total. The van der Waals surface area contributed by atoms with Gasteiger partial charge in [-0.2, -0.15) is 4.99 Å². The van der Waals surface area contributed by atoms with Crippen molar-refractivity contribution in [3.8, 4) is 0 Å². The van der Waals surface area contributed by atoms with E-state index in [0.717, 1.165) is 36.3 Å². The summed E-state index contributed by atoms with van der Waals surface area (Å²) in [5.74, 6) is -0.158. The van der Waals surface area contributed by atoms with Gasteiger partial charge in [0.05, 0.1) is 30.6 Å². The van der Waals surface area contributed by atoms with Crippen LogP contribution in [0.2, 0.25) is 0 Å². The number of nitrogens with zero attached hydrogens (tertiary/aromatic N) is 5. The van der Waals surface area contributed by atoms with Crippen molar-refractivity contribution >= 4 is 46.3 Å². The van der Waals surface area contributed by atoms with Crippen LogP contribution in [0.4, 0.5) is 16.3 Å². The monoisotopic (exact) mass is 627 g/mol. The molecule has 0 spiro atoms. The number of ether oxygens (including phenoxy) is 1. The van der Waals surface area contributed by atoms with Crippen LogP contribution in [-0.4, -0.2) is 56.6 Å². The summed E-state index contributed by atoms with van der Waals surface area (Å²) in [5, 5.41) is 12.5. The minimum atomic E-state index is -1.00. The van der Waals surface area contributed by atoms with Crippen LogP contribution >= 0.6 is 0 Å². The standard InChI is InChI=1S/C34H41N7O5/c1-3-4-5-6-7-10-21-46-34(45)39-32(35)24-12-15-26(16-13-24)37-23-30-38-27-22-25(14-17-28(27)40(30)2)33(44)41(20-18-31(42)43)29-11-8-9-19-36-29/h8-9,11-17,19,22,37H,3-7,10,18,20-21,23H2,1-2H3,(H,42,43)(H2,35,39,45). The molecule has 4 aromatic rings. The fourth-order valence-electron chi connectivity index (χ4n) is 4.91. The number of aryl methyl sites for hydroxylation is 1. The first-order chi connectivity index (χ1) is 22.3. The molecule has 46 heavy (non-hydrogen) atoms. The molecule has 0 aliphatic carbocycles. The van der Waals surface area contributed by atoms with E-state index in [2.05, 4.69) is 22.2 Å². The number of fused-ring (bicyclic) bond motifs is 1. The number of carbonyl (C=O) groups is 3. The Morgan fingerprint density at radius 2 is 1.74 bits per heavy atom. The van der Waals surface area contributed by atoms with Crippen LogP contribution in [-0.2, 0) is 23.1 Å². The van der Waals surface area contributed by atoms with Crippen molar-refractivity contribution < 1.29 is 24.2 Å². The third kappa shape index (κ3) is 9.37. The molecule has 0 saturated heterocycles. The maximum Gasteiger partial charge on any atom is 0.435 e. The molecular weight excluding hydrogens is 586 g/mol. The molecule has 0 aliphatic rings. The van der Waals surface area contributed by atoms with E-state index in [1.54, 1.807) is 48.7 Å². The molecule has 0 aliphatic heterocycles. The minimum Gasteiger partial charge on any atom is -0.481 e. The summed E-state index contributed by atoms with van der Waals surface area (Å²) in [4.78, 5) is 50.9. The Hall–Kier alpha value is -5.26. The lowest BCUT2D eigenvalue weighted by molar-refractivity contribution is -0.136. The fourth-order valence-corrected chi connectivity index (χ4v) is 4.91. The Morgan fingerprint density at radius 3 is 2.46 bits per heavy atom. The number of amidine groups is 1. The zero-order valence-electron chi connectivity index (χ0n) is 26.3. The van der Waals surface area contributed by atoms with Gasteiger partial charge in [0.2, 0.25) is 0 Å². The Labute approximate surface area is 268 Å². The van der Waals surface area contributed by atoms with Crippen molar-refractivity contribution in [1.82, 2.24) is 14.5 Å². The zero-order chi connectivity index (χ0) is 32.9. The maximum atomic E-state index is 13.4. The number of nitrogens with one attached hydrogen (secondary N) is 1. The third-order valence-corrected chi connectivity index (χ3v) is 7.51. The van der Waals surface area contributed by atoms with Gasteiger partial charge in [0.15, 0.2) is 0 Å². The first kappa shape index (κ1) is 33.6. The minimum absolute atomic E-state index is 0.0137. The average Bonchev–Trinajstić information content (AvgIpc) is 3.38. The van der Waals surface area contributed by atoms with E-state index in [-0.39, 0.29) is 24.7 Å². The van der Waals surface area contributed by atoms with Crippen molar-refractivity contribution in [1.29, 1.82) is 0 Å². The van der Waals surface area contributed by atoms with Crippen LogP contribution in [0.15, 0.2) is 71.9 Å². The molecule has 12 heteroatoms. The number of benzene rings is 2. The molecular formula is C34H41N7O5. The third-order valence-electron chi connectivity index (χ3n) is 7.51. The van der Waals surface area contributed by atoms with E-state index in [1.807, 2.05) is 29.8 Å². The number of amides is 2. The van der Waals surface area contributed by atoms with E-state index in [1.165, 1.54) is 24.2 Å². The van der Waals surface area contributed by atoms with Gasteiger partial charge in [0.25, 0.3) is 5.91 Å². The summed E-state index contributed by atoms with van der Waals surface area (Å²) in [6.45, 7) is 2.90. The van der Waals surface area contributed by atoms with E-state index >= 15 is 0 Å². The van der Waals surface area contributed by atoms with Crippen molar-refractivity contribution in [3.05, 3.63) is 83.8 Å². The topological polar surface area (TPSA) is 165 Å². The number of nitrogens with two attached hydrogens (primary N) is 1. The van der Waals surface area contributed by atoms with Gasteiger partial charge in [-0.25, -0.2) is 14.8 Å². The Morgan fingerprint density at radius 1 is 1.00 bits per heavy atom. The summed E-state index contributed by atoms with van der Waals surface area (Å²) in [6, 6.07) is 17.6. The molecule has 0 bridgehead atoms. The normalized spacial score (nSPS) is 11.4. The molecule has 4 N–H and O–H groups in total.